The van der Waals surface area contributed by atoms with Crippen LogP contribution in [-0.4, -0.2) is 64.1 Å². The number of hydrogen-bond acceptors (Lipinski definition) is 9. The predicted octanol–water partition coefficient (Wildman–Crippen LogP) is 0.240. The Morgan fingerprint density at radius 1 is 1.28 bits per heavy atom. The molecule has 0 radical (unpaired) electrons. The molecule has 1 aromatic carbocycles. The van der Waals surface area contributed by atoms with Crippen molar-refractivity contribution in [3.05, 3.63) is 56.6 Å². The molecule has 0 bridgehead atoms. The van der Waals surface area contributed by atoms with Gasteiger partial charge in [-0.1, -0.05) is 11.8 Å². The van der Waals surface area contributed by atoms with Gasteiger partial charge in [0.25, 0.3) is 5.91 Å². The number of hydrogen-bond donors (Lipinski definition) is 4. The van der Waals surface area contributed by atoms with Crippen molar-refractivity contribution in [2.45, 2.75) is 50.5 Å². The summed E-state index contributed by atoms with van der Waals surface area (Å²) in [4.78, 5) is 31.2. The maximum atomic E-state index is 12.7. The number of amides is 1. The van der Waals surface area contributed by atoms with Gasteiger partial charge in [-0.3, -0.25) is 9.36 Å². The number of rotatable bonds is 5. The lowest BCUT2D eigenvalue weighted by molar-refractivity contribution is -0.116. The van der Waals surface area contributed by atoms with Crippen LogP contribution in [0, 0.1) is 23.2 Å². The van der Waals surface area contributed by atoms with Crippen molar-refractivity contribution in [3.63, 3.8) is 0 Å². The number of nitrogens with one attached hydrogen (secondary N) is 1. The molecule has 4 heterocycles. The third kappa shape index (κ3) is 5.52. The van der Waals surface area contributed by atoms with Crippen LogP contribution in [0.25, 0.3) is 6.08 Å². The van der Waals surface area contributed by atoms with Crippen LogP contribution in [0.15, 0.2) is 28.7 Å². The molecule has 3 aliphatic heterocycles. The monoisotopic (exact) mass is 530 g/mol. The minimum atomic E-state index is -0.920. The third-order valence-electron chi connectivity index (χ3n) is 7.27. The van der Waals surface area contributed by atoms with Gasteiger partial charge in [0.15, 0.2) is 0 Å². The van der Waals surface area contributed by atoms with E-state index in [0.29, 0.717) is 0 Å². The molecule has 3 aliphatic rings. The fourth-order valence-electron chi connectivity index (χ4n) is 5.42. The highest BCUT2D eigenvalue weighted by Crippen LogP contribution is 2.36. The highest BCUT2D eigenvalue weighted by Gasteiger charge is 2.35. The summed E-state index contributed by atoms with van der Waals surface area (Å²) >= 11 is 0. The van der Waals surface area contributed by atoms with E-state index in [9.17, 15) is 25.1 Å². The Bertz CT molecular complexity index is 1450. The average Bonchev–Trinajstić information content (AvgIpc) is 3.31. The van der Waals surface area contributed by atoms with Crippen molar-refractivity contribution in [3.8, 4) is 17.9 Å². The summed E-state index contributed by atoms with van der Waals surface area (Å²) in [7, 11) is 0. The zero-order valence-corrected chi connectivity index (χ0v) is 21.4. The number of aryl methyl sites for hydroxylation is 2. The minimum Gasteiger partial charge on any atom is -0.394 e. The van der Waals surface area contributed by atoms with Gasteiger partial charge in [0.1, 0.15) is 29.8 Å². The standard InChI is InChI=1S/C28H30N6O5/c29-14-21(12-17-10-18-5-2-8-33-9-3-6-19(11-17)25(18)33)27(37)31-7-1-4-20-15-34(28(38)32-26(20)30)24-13-22(36)23(16-35)39-24/h10-12,15,22-24,35-36H,2-3,5-9,13,16H2,(H,31,37)(H2,30,32,38)/b21-12-/t22-,23+,24+/m0/s1. The van der Waals surface area contributed by atoms with E-state index in [0.717, 1.165) is 44.3 Å². The molecule has 0 spiro atoms. The molecular formula is C28H30N6O5. The Labute approximate surface area is 225 Å². The van der Waals surface area contributed by atoms with Gasteiger partial charge in [-0.25, -0.2) is 4.79 Å². The Kier molecular flexibility index (Phi) is 7.66. The topological polar surface area (TPSA) is 167 Å². The van der Waals surface area contributed by atoms with Gasteiger partial charge >= 0.3 is 5.69 Å². The molecule has 3 atom stereocenters. The fourth-order valence-corrected chi connectivity index (χ4v) is 5.42. The first-order chi connectivity index (χ1) is 18.9. The van der Waals surface area contributed by atoms with Crippen LogP contribution in [0.5, 0.6) is 0 Å². The first-order valence-electron chi connectivity index (χ1n) is 13.0. The molecule has 1 amide bonds. The molecule has 1 fully saturated rings. The number of aliphatic hydroxyl groups excluding tert-OH is 2. The number of carbonyl (C=O) groups excluding carboxylic acids is 1. The normalized spacial score (nSPS) is 21.9. The van der Waals surface area contributed by atoms with Crippen LogP contribution in [0.2, 0.25) is 0 Å². The van der Waals surface area contributed by atoms with Gasteiger partial charge in [-0.2, -0.15) is 10.2 Å². The lowest BCUT2D eigenvalue weighted by atomic mass is 9.89. The molecule has 5 N–H and O–H groups in total. The van der Waals surface area contributed by atoms with Crippen molar-refractivity contribution in [2.75, 3.05) is 36.9 Å². The number of nitriles is 1. The summed E-state index contributed by atoms with van der Waals surface area (Å²) in [5.74, 6) is 4.91. The summed E-state index contributed by atoms with van der Waals surface area (Å²) in [5, 5.41) is 31.5. The predicted molar refractivity (Wildman–Crippen MR) is 143 cm³/mol. The number of anilines is 2. The van der Waals surface area contributed by atoms with Gasteiger partial charge in [-0.15, -0.1) is 0 Å². The van der Waals surface area contributed by atoms with Crippen LogP contribution in [0.4, 0.5) is 11.5 Å². The number of aromatic nitrogens is 2. The van der Waals surface area contributed by atoms with E-state index >= 15 is 0 Å². The Morgan fingerprint density at radius 3 is 2.64 bits per heavy atom. The zero-order valence-electron chi connectivity index (χ0n) is 21.4. The zero-order chi connectivity index (χ0) is 27.5. The van der Waals surface area contributed by atoms with E-state index in [1.807, 2.05) is 6.07 Å². The number of aliphatic hydroxyl groups is 2. The number of benzene rings is 1. The van der Waals surface area contributed by atoms with E-state index < -0.39 is 30.0 Å². The van der Waals surface area contributed by atoms with Crippen molar-refractivity contribution >= 4 is 23.5 Å². The van der Waals surface area contributed by atoms with Gasteiger partial charge < -0.3 is 30.9 Å². The quantitative estimate of drug-likeness (QED) is 0.241. The summed E-state index contributed by atoms with van der Waals surface area (Å²) < 4.78 is 6.69. The Balaban J connectivity index is 1.27. The summed E-state index contributed by atoms with van der Waals surface area (Å²) in [6.45, 7) is 1.71. The van der Waals surface area contributed by atoms with Crippen molar-refractivity contribution in [1.29, 1.82) is 5.26 Å². The summed E-state index contributed by atoms with van der Waals surface area (Å²) in [6, 6.07) is 6.13. The largest absolute Gasteiger partial charge is 0.394 e. The first kappa shape index (κ1) is 26.4. The maximum absolute atomic E-state index is 12.7. The van der Waals surface area contributed by atoms with Crippen molar-refractivity contribution < 1.29 is 19.7 Å². The molecular weight excluding hydrogens is 500 g/mol. The number of nitrogens with zero attached hydrogens (tertiary/aromatic N) is 4. The second kappa shape index (κ2) is 11.3. The molecule has 1 aromatic heterocycles. The number of carbonyl (C=O) groups is 1. The molecule has 202 valence electrons. The molecule has 5 rings (SSSR count). The van der Waals surface area contributed by atoms with Crippen LogP contribution in [0.1, 0.15) is 47.7 Å². The highest BCUT2D eigenvalue weighted by atomic mass is 16.5. The first-order valence-corrected chi connectivity index (χ1v) is 13.0. The van der Waals surface area contributed by atoms with E-state index in [-0.39, 0.29) is 36.5 Å². The molecule has 2 aromatic rings. The molecule has 11 nitrogen and oxygen atoms in total. The van der Waals surface area contributed by atoms with E-state index in [2.05, 4.69) is 39.2 Å². The fraction of sp³-hybridized carbons (Fsp3) is 0.429. The SMILES string of the molecule is N#C/C(=C/c1cc2c3c(c1)CCCN3CCC2)C(=O)NCC#Cc1cn([C@H]2C[C@H](O)[C@@H](CO)O2)c(=O)nc1N. The maximum Gasteiger partial charge on any atom is 0.351 e. The second-order valence-corrected chi connectivity index (χ2v) is 9.88. The van der Waals surface area contributed by atoms with Gasteiger partial charge in [0.05, 0.1) is 24.8 Å². The minimum absolute atomic E-state index is 0.0162. The molecule has 11 heteroatoms. The van der Waals surface area contributed by atoms with E-state index in [4.69, 9.17) is 10.5 Å². The van der Waals surface area contributed by atoms with Crippen molar-refractivity contribution in [1.82, 2.24) is 14.9 Å². The van der Waals surface area contributed by atoms with Gasteiger partial charge in [-0.05, 0) is 60.6 Å². The Hall–Kier alpha value is -4.16. The lowest BCUT2D eigenvalue weighted by Crippen LogP contribution is -2.34. The van der Waals surface area contributed by atoms with Crippen LogP contribution >= 0.6 is 0 Å². The van der Waals surface area contributed by atoms with E-state index in [1.54, 1.807) is 6.08 Å². The molecule has 0 aliphatic carbocycles. The van der Waals surface area contributed by atoms with Crippen molar-refractivity contribution in [2.24, 2.45) is 0 Å². The average molecular weight is 531 g/mol. The number of ether oxygens (including phenoxy) is 1. The van der Waals surface area contributed by atoms with Gasteiger partial charge in [0, 0.05) is 31.4 Å². The smallest absolute Gasteiger partial charge is 0.351 e. The third-order valence-corrected chi connectivity index (χ3v) is 7.27. The van der Waals surface area contributed by atoms with Crippen LogP contribution in [0.3, 0.4) is 0 Å². The Morgan fingerprint density at radius 2 is 2.00 bits per heavy atom. The van der Waals surface area contributed by atoms with Crippen LogP contribution < -0.4 is 21.6 Å². The van der Waals surface area contributed by atoms with Crippen LogP contribution in [-0.2, 0) is 22.4 Å². The number of nitrogens with two attached hydrogens (primary N) is 1. The summed E-state index contributed by atoms with van der Waals surface area (Å²) in [5.41, 5.74) is 10.1. The molecule has 0 saturated carbocycles. The lowest BCUT2D eigenvalue weighted by Gasteiger charge is -2.37. The molecule has 0 unspecified atom stereocenters. The van der Waals surface area contributed by atoms with Gasteiger partial charge in [0.2, 0.25) is 0 Å². The highest BCUT2D eigenvalue weighted by molar-refractivity contribution is 6.01. The number of nitrogen functional groups attached to an aromatic ring is 1. The second-order valence-electron chi connectivity index (χ2n) is 9.88. The summed E-state index contributed by atoms with van der Waals surface area (Å²) in [6.07, 6.45) is 4.73. The molecule has 1 saturated heterocycles. The molecule has 39 heavy (non-hydrogen) atoms. The van der Waals surface area contributed by atoms with E-state index in [1.165, 1.54) is 27.6 Å².